The van der Waals surface area contributed by atoms with Crippen molar-refractivity contribution in [3.8, 4) is 11.8 Å². The van der Waals surface area contributed by atoms with Crippen LogP contribution in [0, 0.1) is 11.8 Å². The molecule has 210 valence electrons. The van der Waals surface area contributed by atoms with Crippen molar-refractivity contribution in [1.82, 2.24) is 9.55 Å². The van der Waals surface area contributed by atoms with E-state index in [9.17, 15) is 24.0 Å². The quantitative estimate of drug-likeness (QED) is 0.216. The average Bonchev–Trinajstić information content (AvgIpc) is 3.21. The van der Waals surface area contributed by atoms with Gasteiger partial charge in [0.25, 0.3) is 5.56 Å². The Morgan fingerprint density at radius 1 is 0.921 bits per heavy atom. The number of hydrogen-bond acceptors (Lipinski definition) is 9. The highest BCUT2D eigenvalue weighted by atomic mass is 16.7. The van der Waals surface area contributed by atoms with Crippen molar-refractivity contribution < 1.29 is 33.3 Å². The fourth-order valence-corrected chi connectivity index (χ4v) is 3.86. The molecule has 0 amide bonds. The van der Waals surface area contributed by atoms with Gasteiger partial charge in [-0.2, -0.15) is 0 Å². The predicted molar refractivity (Wildman–Crippen MR) is 137 cm³/mol. The third kappa shape index (κ3) is 8.87. The van der Waals surface area contributed by atoms with Crippen LogP contribution in [0.5, 0.6) is 0 Å². The van der Waals surface area contributed by atoms with E-state index in [-0.39, 0.29) is 31.4 Å². The van der Waals surface area contributed by atoms with Crippen molar-refractivity contribution in [3.63, 3.8) is 0 Å². The van der Waals surface area contributed by atoms with Crippen LogP contribution in [0.2, 0.25) is 0 Å². The maximum absolute atomic E-state index is 12.8. The summed E-state index contributed by atoms with van der Waals surface area (Å²) >= 11 is 0. The summed E-state index contributed by atoms with van der Waals surface area (Å²) in [6, 6.07) is 0. The van der Waals surface area contributed by atoms with E-state index in [1.807, 2.05) is 20.8 Å². The molecule has 11 heteroatoms. The molecule has 1 N–H and O–H groups in total. The largest absolute Gasteiger partial charge is 0.463 e. The van der Waals surface area contributed by atoms with Crippen LogP contribution in [0.4, 0.5) is 0 Å². The number of esters is 3. The van der Waals surface area contributed by atoms with Gasteiger partial charge in [-0.1, -0.05) is 46.0 Å². The maximum Gasteiger partial charge on any atom is 0.330 e. The molecule has 1 aromatic heterocycles. The second-order valence-electron chi connectivity index (χ2n) is 9.05. The Balaban J connectivity index is 2.48. The molecule has 2 rings (SSSR count). The van der Waals surface area contributed by atoms with Gasteiger partial charge in [-0.3, -0.25) is 28.7 Å². The van der Waals surface area contributed by atoms with Crippen molar-refractivity contribution in [2.75, 3.05) is 6.61 Å². The first-order chi connectivity index (χ1) is 18.2. The highest BCUT2D eigenvalue weighted by Gasteiger charge is 2.51. The summed E-state index contributed by atoms with van der Waals surface area (Å²) in [5.74, 6) is 3.67. The standard InChI is InChI=1S/C27H38N2O9/c1-5-9-13-20(30)35-17-19-23(37-21(31)14-10-6-2)24(38-22(32)15-11-7-3)26(36-19)29-16-18(12-8-4)25(33)28-27(29)34/h16,19,23-24,26H,5-7,9-11,13-15,17H2,1-4H3,(H,28,33,34)/t19-,23-,24+,26-/m1/s1. The molecule has 0 aliphatic carbocycles. The zero-order valence-corrected chi connectivity index (χ0v) is 22.6. The number of rotatable bonds is 14. The number of aromatic nitrogens is 2. The topological polar surface area (TPSA) is 143 Å². The number of unbranched alkanes of at least 4 members (excludes halogenated alkanes) is 3. The predicted octanol–water partition coefficient (Wildman–Crippen LogP) is 2.74. The SMILES string of the molecule is CC#Cc1cn([C@@H]2O[C@H](COC(=O)CCCC)[C@@H](OC(=O)CCCC)[C@@H]2OC(=O)CCCC)c(=O)[nH]c1=O. The third-order valence-electron chi connectivity index (χ3n) is 5.93. The lowest BCUT2D eigenvalue weighted by Crippen LogP contribution is -2.43. The zero-order chi connectivity index (χ0) is 28.1. The van der Waals surface area contributed by atoms with Crippen molar-refractivity contribution >= 4 is 17.9 Å². The lowest BCUT2D eigenvalue weighted by molar-refractivity contribution is -0.169. The highest BCUT2D eigenvalue weighted by Crippen LogP contribution is 2.34. The Hall–Kier alpha value is -3.39. The molecule has 1 aliphatic heterocycles. The molecule has 38 heavy (non-hydrogen) atoms. The molecule has 0 spiro atoms. The molecular weight excluding hydrogens is 496 g/mol. The number of H-pyrrole nitrogens is 1. The molecule has 0 aromatic carbocycles. The van der Waals surface area contributed by atoms with Crippen LogP contribution in [0.1, 0.15) is 97.3 Å². The van der Waals surface area contributed by atoms with E-state index in [2.05, 4.69) is 16.8 Å². The normalized spacial score (nSPS) is 20.3. The van der Waals surface area contributed by atoms with E-state index >= 15 is 0 Å². The second kappa shape index (κ2) is 15.8. The van der Waals surface area contributed by atoms with E-state index in [0.717, 1.165) is 23.8 Å². The first kappa shape index (κ1) is 30.8. The molecule has 1 saturated heterocycles. The molecule has 11 nitrogen and oxygen atoms in total. The summed E-state index contributed by atoms with van der Waals surface area (Å²) in [7, 11) is 0. The fraction of sp³-hybridized carbons (Fsp3) is 0.667. The fourth-order valence-electron chi connectivity index (χ4n) is 3.86. The van der Waals surface area contributed by atoms with Crippen LogP contribution >= 0.6 is 0 Å². The van der Waals surface area contributed by atoms with Gasteiger partial charge < -0.3 is 18.9 Å². The Kier molecular flexibility index (Phi) is 12.8. The van der Waals surface area contributed by atoms with Gasteiger partial charge in [0.1, 0.15) is 18.3 Å². The average molecular weight is 535 g/mol. The molecule has 0 unspecified atom stereocenters. The molecule has 2 heterocycles. The van der Waals surface area contributed by atoms with Crippen LogP contribution < -0.4 is 11.2 Å². The molecule has 1 aromatic rings. The molecular formula is C27H38N2O9. The van der Waals surface area contributed by atoms with Crippen molar-refractivity contribution in [1.29, 1.82) is 0 Å². The van der Waals surface area contributed by atoms with Crippen molar-refractivity contribution in [3.05, 3.63) is 32.6 Å². The number of aromatic amines is 1. The van der Waals surface area contributed by atoms with Crippen LogP contribution in [-0.4, -0.2) is 52.4 Å². The minimum absolute atomic E-state index is 0.00214. The lowest BCUT2D eigenvalue weighted by atomic mass is 10.1. The first-order valence-corrected chi connectivity index (χ1v) is 13.2. The Labute approximate surface area is 222 Å². The Morgan fingerprint density at radius 2 is 1.47 bits per heavy atom. The molecule has 1 aliphatic rings. The van der Waals surface area contributed by atoms with Gasteiger partial charge in [0.05, 0.1) is 0 Å². The summed E-state index contributed by atoms with van der Waals surface area (Å²) in [5, 5.41) is 0. The van der Waals surface area contributed by atoms with Crippen LogP contribution in [0.15, 0.2) is 15.8 Å². The molecule has 0 radical (unpaired) electrons. The van der Waals surface area contributed by atoms with Crippen LogP contribution in [-0.2, 0) is 33.3 Å². The monoisotopic (exact) mass is 534 g/mol. The van der Waals surface area contributed by atoms with Gasteiger partial charge in [-0.05, 0) is 26.2 Å². The minimum atomic E-state index is -1.27. The maximum atomic E-state index is 12.8. The van der Waals surface area contributed by atoms with Crippen molar-refractivity contribution in [2.45, 2.75) is 110 Å². The molecule has 4 atom stereocenters. The van der Waals surface area contributed by atoms with Crippen LogP contribution in [0.25, 0.3) is 0 Å². The molecule has 1 fully saturated rings. The van der Waals surface area contributed by atoms with Gasteiger partial charge >= 0.3 is 23.6 Å². The van der Waals surface area contributed by atoms with E-state index in [1.54, 1.807) is 0 Å². The first-order valence-electron chi connectivity index (χ1n) is 13.2. The van der Waals surface area contributed by atoms with Gasteiger partial charge in [0.2, 0.25) is 0 Å². The molecule has 0 bridgehead atoms. The number of carbonyl (C=O) groups is 3. The second-order valence-corrected chi connectivity index (χ2v) is 9.05. The number of ether oxygens (including phenoxy) is 4. The Bertz CT molecular complexity index is 1130. The summed E-state index contributed by atoms with van der Waals surface area (Å²) < 4.78 is 23.9. The number of nitrogens with zero attached hydrogens (tertiary/aromatic N) is 1. The van der Waals surface area contributed by atoms with E-state index in [1.165, 1.54) is 13.1 Å². The van der Waals surface area contributed by atoms with Gasteiger partial charge in [0.15, 0.2) is 18.4 Å². The number of nitrogens with one attached hydrogen (secondary N) is 1. The Morgan fingerprint density at radius 3 is 2.03 bits per heavy atom. The van der Waals surface area contributed by atoms with E-state index in [0.29, 0.717) is 19.3 Å². The third-order valence-corrected chi connectivity index (χ3v) is 5.93. The highest BCUT2D eigenvalue weighted by molar-refractivity contribution is 5.71. The number of hydrogen-bond donors (Lipinski definition) is 1. The lowest BCUT2D eigenvalue weighted by Gasteiger charge is -2.25. The summed E-state index contributed by atoms with van der Waals surface area (Å²) in [4.78, 5) is 64.6. The van der Waals surface area contributed by atoms with E-state index in [4.69, 9.17) is 18.9 Å². The summed E-state index contributed by atoms with van der Waals surface area (Å²) in [6.45, 7) is 7.05. The molecule has 0 saturated carbocycles. The van der Waals surface area contributed by atoms with E-state index < -0.39 is 53.7 Å². The summed E-state index contributed by atoms with van der Waals surface area (Å²) in [5.41, 5.74) is -1.51. The smallest absolute Gasteiger partial charge is 0.330 e. The zero-order valence-electron chi connectivity index (χ0n) is 22.6. The minimum Gasteiger partial charge on any atom is -0.463 e. The van der Waals surface area contributed by atoms with Crippen molar-refractivity contribution in [2.24, 2.45) is 0 Å². The summed E-state index contributed by atoms with van der Waals surface area (Å²) in [6.07, 6.45) is 1.10. The van der Waals surface area contributed by atoms with Gasteiger partial charge in [-0.15, -0.1) is 5.92 Å². The van der Waals surface area contributed by atoms with Crippen LogP contribution in [0.3, 0.4) is 0 Å². The van der Waals surface area contributed by atoms with Gasteiger partial charge in [0, 0.05) is 25.5 Å². The number of carbonyl (C=O) groups excluding carboxylic acids is 3. The van der Waals surface area contributed by atoms with Gasteiger partial charge in [-0.25, -0.2) is 4.79 Å².